The zero-order valence-electron chi connectivity index (χ0n) is 17.1. The maximum absolute atomic E-state index is 11.8. The van der Waals surface area contributed by atoms with E-state index in [1.54, 1.807) is 13.1 Å². The average molecular weight is 376 g/mol. The van der Waals surface area contributed by atoms with Gasteiger partial charge in [-0.1, -0.05) is 32.9 Å². The average Bonchev–Trinajstić information content (AvgIpc) is 2.63. The summed E-state index contributed by atoms with van der Waals surface area (Å²) in [5, 5.41) is 11.9. The first-order chi connectivity index (χ1) is 12.8. The van der Waals surface area contributed by atoms with Crippen LogP contribution in [0, 0.1) is 5.41 Å². The summed E-state index contributed by atoms with van der Waals surface area (Å²) in [5.41, 5.74) is 1.33. The molecule has 0 spiro atoms. The number of amides is 2. The molecule has 7 heteroatoms. The van der Waals surface area contributed by atoms with Gasteiger partial charge < -0.3 is 21.3 Å². The quantitative estimate of drug-likeness (QED) is 0.313. The van der Waals surface area contributed by atoms with E-state index < -0.39 is 0 Å². The summed E-state index contributed by atoms with van der Waals surface area (Å²) in [6.45, 7) is 10.2. The fraction of sp³-hybridized carbons (Fsp3) is 0.550. The standard InChI is InChI=1S/C20H33N5O2/c1-6-22-19(25-13-12-23-18(27)20(2,3)4)24-11-10-15-8-7-9-16(14-15)17(26)21-5/h7-9,14H,6,10-13H2,1-5H3,(H,21,26)(H,23,27)(H2,22,24,25). The Morgan fingerprint density at radius 3 is 2.41 bits per heavy atom. The summed E-state index contributed by atoms with van der Waals surface area (Å²) < 4.78 is 0. The molecule has 1 rings (SSSR count). The Bertz CT molecular complexity index is 650. The van der Waals surface area contributed by atoms with Gasteiger partial charge in [0.25, 0.3) is 5.91 Å². The highest BCUT2D eigenvalue weighted by Crippen LogP contribution is 2.11. The number of carbonyl (C=O) groups excluding carboxylic acids is 2. The summed E-state index contributed by atoms with van der Waals surface area (Å²) in [5.74, 6) is 0.653. The smallest absolute Gasteiger partial charge is 0.251 e. The Morgan fingerprint density at radius 2 is 1.78 bits per heavy atom. The van der Waals surface area contributed by atoms with E-state index in [0.29, 0.717) is 31.2 Å². The molecule has 1 aromatic rings. The molecule has 0 bridgehead atoms. The normalized spacial score (nSPS) is 11.7. The maximum atomic E-state index is 11.8. The number of rotatable bonds is 8. The Hall–Kier alpha value is -2.57. The Balaban J connectivity index is 2.49. The molecule has 0 aliphatic heterocycles. The van der Waals surface area contributed by atoms with E-state index in [1.807, 2.05) is 45.9 Å². The van der Waals surface area contributed by atoms with Crippen LogP contribution in [0.15, 0.2) is 29.3 Å². The van der Waals surface area contributed by atoms with Crippen LogP contribution in [0.5, 0.6) is 0 Å². The van der Waals surface area contributed by atoms with Crippen molar-refractivity contribution in [3.8, 4) is 0 Å². The van der Waals surface area contributed by atoms with Gasteiger partial charge in [-0.15, -0.1) is 0 Å². The van der Waals surface area contributed by atoms with Gasteiger partial charge in [-0.25, -0.2) is 0 Å². The Kier molecular flexibility index (Phi) is 9.33. The molecule has 150 valence electrons. The molecule has 0 unspecified atom stereocenters. The predicted octanol–water partition coefficient (Wildman–Crippen LogP) is 1.31. The molecule has 0 saturated carbocycles. The van der Waals surface area contributed by atoms with Crippen molar-refractivity contribution in [1.82, 2.24) is 21.3 Å². The third-order valence-corrected chi connectivity index (χ3v) is 3.82. The van der Waals surface area contributed by atoms with E-state index in [0.717, 1.165) is 18.5 Å². The molecule has 0 heterocycles. The van der Waals surface area contributed by atoms with Crippen molar-refractivity contribution in [1.29, 1.82) is 0 Å². The molecule has 27 heavy (non-hydrogen) atoms. The first-order valence-corrected chi connectivity index (χ1v) is 9.39. The highest BCUT2D eigenvalue weighted by Gasteiger charge is 2.20. The third kappa shape index (κ3) is 8.57. The van der Waals surface area contributed by atoms with E-state index in [2.05, 4.69) is 26.3 Å². The van der Waals surface area contributed by atoms with E-state index in [-0.39, 0.29) is 17.2 Å². The minimum atomic E-state index is -0.387. The van der Waals surface area contributed by atoms with Crippen LogP contribution in [0.4, 0.5) is 0 Å². The monoisotopic (exact) mass is 375 g/mol. The number of guanidine groups is 1. The van der Waals surface area contributed by atoms with Gasteiger partial charge in [0, 0.05) is 44.2 Å². The fourth-order valence-electron chi connectivity index (χ4n) is 2.27. The van der Waals surface area contributed by atoms with Crippen LogP contribution in [0.3, 0.4) is 0 Å². The summed E-state index contributed by atoms with van der Waals surface area (Å²) in [6, 6.07) is 7.55. The van der Waals surface area contributed by atoms with Crippen LogP contribution in [-0.4, -0.2) is 51.0 Å². The zero-order chi connectivity index (χ0) is 20.3. The van der Waals surface area contributed by atoms with E-state index in [9.17, 15) is 9.59 Å². The van der Waals surface area contributed by atoms with Crippen LogP contribution in [0.2, 0.25) is 0 Å². The minimum Gasteiger partial charge on any atom is -0.357 e. The summed E-state index contributed by atoms with van der Waals surface area (Å²) in [6.07, 6.45) is 0.738. The second-order valence-corrected chi connectivity index (χ2v) is 7.22. The molecule has 0 aliphatic carbocycles. The van der Waals surface area contributed by atoms with Crippen LogP contribution >= 0.6 is 0 Å². The van der Waals surface area contributed by atoms with Gasteiger partial charge in [-0.2, -0.15) is 0 Å². The Labute approximate surface area is 162 Å². The number of hydrogen-bond donors (Lipinski definition) is 4. The van der Waals surface area contributed by atoms with Crippen LogP contribution < -0.4 is 21.3 Å². The first-order valence-electron chi connectivity index (χ1n) is 9.39. The van der Waals surface area contributed by atoms with Gasteiger partial charge in [-0.3, -0.25) is 14.6 Å². The number of hydrogen-bond acceptors (Lipinski definition) is 3. The molecule has 4 N–H and O–H groups in total. The van der Waals surface area contributed by atoms with Gasteiger partial charge in [0.2, 0.25) is 5.91 Å². The lowest BCUT2D eigenvalue weighted by Crippen LogP contribution is -2.43. The molecule has 0 aliphatic rings. The van der Waals surface area contributed by atoms with E-state index >= 15 is 0 Å². The second-order valence-electron chi connectivity index (χ2n) is 7.22. The molecular weight excluding hydrogens is 342 g/mol. The summed E-state index contributed by atoms with van der Waals surface area (Å²) >= 11 is 0. The fourth-order valence-corrected chi connectivity index (χ4v) is 2.27. The van der Waals surface area contributed by atoms with Crippen molar-refractivity contribution in [2.75, 3.05) is 33.2 Å². The van der Waals surface area contributed by atoms with Crippen LogP contribution in [0.25, 0.3) is 0 Å². The lowest BCUT2D eigenvalue weighted by Gasteiger charge is -2.18. The maximum Gasteiger partial charge on any atom is 0.251 e. The van der Waals surface area contributed by atoms with Gasteiger partial charge in [0.1, 0.15) is 0 Å². The van der Waals surface area contributed by atoms with Crippen molar-refractivity contribution in [2.45, 2.75) is 34.1 Å². The molecule has 0 aromatic heterocycles. The third-order valence-electron chi connectivity index (χ3n) is 3.82. The molecule has 0 radical (unpaired) electrons. The molecule has 2 amide bonds. The van der Waals surface area contributed by atoms with Crippen molar-refractivity contribution in [3.05, 3.63) is 35.4 Å². The summed E-state index contributed by atoms with van der Waals surface area (Å²) in [4.78, 5) is 28.1. The van der Waals surface area contributed by atoms with Gasteiger partial charge >= 0.3 is 0 Å². The number of benzene rings is 1. The largest absolute Gasteiger partial charge is 0.357 e. The molecule has 0 atom stereocenters. The van der Waals surface area contributed by atoms with Gasteiger partial charge in [-0.05, 0) is 31.0 Å². The number of carbonyl (C=O) groups is 2. The predicted molar refractivity (Wildman–Crippen MR) is 110 cm³/mol. The van der Waals surface area contributed by atoms with E-state index in [1.165, 1.54) is 0 Å². The molecule has 7 nitrogen and oxygen atoms in total. The minimum absolute atomic E-state index is 0.0298. The van der Waals surface area contributed by atoms with Crippen LogP contribution in [-0.2, 0) is 11.2 Å². The van der Waals surface area contributed by atoms with E-state index in [4.69, 9.17) is 0 Å². The summed E-state index contributed by atoms with van der Waals surface area (Å²) in [7, 11) is 1.62. The molecule has 1 aromatic carbocycles. The van der Waals surface area contributed by atoms with Gasteiger partial charge in [0.15, 0.2) is 5.96 Å². The number of nitrogens with one attached hydrogen (secondary N) is 4. The highest BCUT2D eigenvalue weighted by molar-refractivity contribution is 5.94. The SMILES string of the molecule is CCNC(=NCCc1cccc(C(=O)NC)c1)NCCNC(=O)C(C)(C)C. The van der Waals surface area contributed by atoms with Crippen molar-refractivity contribution in [3.63, 3.8) is 0 Å². The lowest BCUT2D eigenvalue weighted by atomic mass is 9.96. The zero-order valence-corrected chi connectivity index (χ0v) is 17.1. The van der Waals surface area contributed by atoms with Crippen molar-refractivity contribution in [2.24, 2.45) is 10.4 Å². The highest BCUT2D eigenvalue weighted by atomic mass is 16.2. The lowest BCUT2D eigenvalue weighted by molar-refractivity contribution is -0.128. The molecule has 0 fully saturated rings. The van der Waals surface area contributed by atoms with Crippen molar-refractivity contribution >= 4 is 17.8 Å². The molecular formula is C20H33N5O2. The van der Waals surface area contributed by atoms with Crippen LogP contribution in [0.1, 0.15) is 43.6 Å². The van der Waals surface area contributed by atoms with Crippen molar-refractivity contribution < 1.29 is 9.59 Å². The first kappa shape index (κ1) is 22.5. The Morgan fingerprint density at radius 1 is 1.07 bits per heavy atom. The number of nitrogens with zero attached hydrogens (tertiary/aromatic N) is 1. The molecule has 0 saturated heterocycles. The topological polar surface area (TPSA) is 94.6 Å². The number of aliphatic imine (C=N–C) groups is 1. The second kappa shape index (κ2) is 11.2. The van der Waals surface area contributed by atoms with Gasteiger partial charge in [0.05, 0.1) is 0 Å².